The third-order valence-electron chi connectivity index (χ3n) is 6.62. The van der Waals surface area contributed by atoms with Crippen molar-refractivity contribution in [2.45, 2.75) is 49.7 Å². The zero-order valence-corrected chi connectivity index (χ0v) is 24.7. The van der Waals surface area contributed by atoms with E-state index < -0.39 is 38.0 Å². The Morgan fingerprint density at radius 1 is 1.12 bits per heavy atom. The van der Waals surface area contributed by atoms with E-state index in [-0.39, 0.29) is 40.9 Å². The molecule has 2 amide bonds. The Balaban J connectivity index is 1.41. The molecule has 0 saturated heterocycles. The first-order valence-corrected chi connectivity index (χ1v) is 16.2. The number of fused-ring (bicyclic) bond motifs is 1. The van der Waals surface area contributed by atoms with Gasteiger partial charge in [0.15, 0.2) is 20.9 Å². The van der Waals surface area contributed by atoms with Gasteiger partial charge in [-0.2, -0.15) is 0 Å². The number of sulfone groups is 1. The van der Waals surface area contributed by atoms with E-state index in [1.807, 2.05) is 0 Å². The lowest BCUT2D eigenvalue weighted by Gasteiger charge is -2.17. The smallest absolute Gasteiger partial charge is 0.245 e. The minimum Gasteiger partial charge on any atom is -0.352 e. The van der Waals surface area contributed by atoms with Gasteiger partial charge < -0.3 is 10.6 Å². The molecule has 0 spiro atoms. The van der Waals surface area contributed by atoms with Gasteiger partial charge in [0.25, 0.3) is 0 Å². The molecule has 2 heterocycles. The van der Waals surface area contributed by atoms with Crippen molar-refractivity contribution in [3.63, 3.8) is 0 Å². The number of hydrogen-bond donors (Lipinski definition) is 2. The highest BCUT2D eigenvalue weighted by Crippen LogP contribution is 2.36. The van der Waals surface area contributed by atoms with Crippen molar-refractivity contribution in [3.05, 3.63) is 69.4 Å². The molecule has 0 bridgehead atoms. The molecule has 2 N–H and O–H groups in total. The summed E-state index contributed by atoms with van der Waals surface area (Å²) >= 11 is 2.38. The van der Waals surface area contributed by atoms with Crippen LogP contribution in [0, 0.1) is 5.82 Å². The predicted octanol–water partition coefficient (Wildman–Crippen LogP) is 4.24. The lowest BCUT2D eigenvalue weighted by molar-refractivity contribution is -0.126. The van der Waals surface area contributed by atoms with Gasteiger partial charge in [-0.1, -0.05) is 24.3 Å². The number of carbonyl (C=O) groups is 3. The van der Waals surface area contributed by atoms with E-state index in [1.165, 1.54) is 31.3 Å². The number of ketones is 1. The molecule has 1 atom stereocenters. The summed E-state index contributed by atoms with van der Waals surface area (Å²) < 4.78 is 42.2. The molecule has 9 nitrogen and oxygen atoms in total. The number of benzene rings is 2. The number of halogens is 1. The van der Waals surface area contributed by atoms with Gasteiger partial charge in [0.1, 0.15) is 15.8 Å². The second kappa shape index (κ2) is 11.7. The average molecular weight is 615 g/mol. The molecule has 1 aliphatic rings. The minimum atomic E-state index is -4.03. The van der Waals surface area contributed by atoms with E-state index in [0.717, 1.165) is 24.2 Å². The topological polar surface area (TPSA) is 135 Å². The van der Waals surface area contributed by atoms with E-state index in [1.54, 1.807) is 41.9 Å². The maximum absolute atomic E-state index is 15.2. The van der Waals surface area contributed by atoms with Crippen LogP contribution in [0.2, 0.25) is 0 Å². The molecule has 1 unspecified atom stereocenters. The molecule has 4 aromatic rings. The normalized spacial score (nSPS) is 14.2. The maximum Gasteiger partial charge on any atom is 0.245 e. The Labute approximate surface area is 244 Å². The summed E-state index contributed by atoms with van der Waals surface area (Å²) in [5.41, 5.74) is 1.46. The fourth-order valence-electron chi connectivity index (χ4n) is 4.16. The molecule has 2 aromatic carbocycles. The number of hydrogen-bond acceptors (Lipinski definition) is 9. The van der Waals surface area contributed by atoms with Crippen molar-refractivity contribution >= 4 is 60.3 Å². The summed E-state index contributed by atoms with van der Waals surface area (Å²) in [5.74, 6) is -1.94. The van der Waals surface area contributed by atoms with E-state index in [2.05, 4.69) is 20.6 Å². The predicted molar refractivity (Wildman–Crippen MR) is 156 cm³/mol. The van der Waals surface area contributed by atoms with Gasteiger partial charge in [0.05, 0.1) is 28.4 Å². The van der Waals surface area contributed by atoms with Crippen LogP contribution < -0.4 is 10.6 Å². The SMILES string of the molecule is CC(C)S(=O)(=O)C(C(=O)NCC(=O)NC1CC1)c1nc2cc(F)c(-c3ccc(C(=O)Cc4nccs4)cc3)cc2s1. The molecule has 0 radical (unpaired) electrons. The van der Waals surface area contributed by atoms with Gasteiger partial charge >= 0.3 is 0 Å². The average Bonchev–Trinajstić information content (AvgIpc) is 3.42. The fraction of sp³-hybridized carbons (Fsp3) is 0.321. The Morgan fingerprint density at radius 3 is 2.49 bits per heavy atom. The van der Waals surface area contributed by atoms with Crippen LogP contribution in [-0.4, -0.2) is 53.8 Å². The van der Waals surface area contributed by atoms with Crippen molar-refractivity contribution < 1.29 is 27.2 Å². The number of thiazole rings is 2. The molecule has 5 rings (SSSR count). The van der Waals surface area contributed by atoms with Gasteiger partial charge in [0, 0.05) is 34.8 Å². The summed E-state index contributed by atoms with van der Waals surface area (Å²) in [4.78, 5) is 46.2. The van der Waals surface area contributed by atoms with E-state index >= 15 is 4.39 Å². The van der Waals surface area contributed by atoms with Crippen molar-refractivity contribution in [2.75, 3.05) is 6.54 Å². The second-order valence-corrected chi connectivity index (χ2v) is 14.7. The zero-order valence-electron chi connectivity index (χ0n) is 22.2. The fourth-order valence-corrected chi connectivity index (χ4v) is 7.55. The quantitative estimate of drug-likeness (QED) is 0.241. The monoisotopic (exact) mass is 614 g/mol. The maximum atomic E-state index is 15.2. The highest BCUT2D eigenvalue weighted by molar-refractivity contribution is 7.93. The number of nitrogens with zero attached hydrogens (tertiary/aromatic N) is 2. The van der Waals surface area contributed by atoms with Crippen molar-refractivity contribution in [1.82, 2.24) is 20.6 Å². The van der Waals surface area contributed by atoms with Crippen LogP contribution in [-0.2, 0) is 25.8 Å². The lowest BCUT2D eigenvalue weighted by atomic mass is 10.0. The van der Waals surface area contributed by atoms with Crippen LogP contribution in [0.1, 0.15) is 52.3 Å². The molecule has 41 heavy (non-hydrogen) atoms. The van der Waals surface area contributed by atoms with Crippen molar-refractivity contribution in [2.24, 2.45) is 0 Å². The van der Waals surface area contributed by atoms with Gasteiger partial charge in [0.2, 0.25) is 11.8 Å². The zero-order chi connectivity index (χ0) is 29.3. The molecule has 0 aliphatic heterocycles. The Hall–Kier alpha value is -3.55. The summed E-state index contributed by atoms with van der Waals surface area (Å²) in [7, 11) is -4.03. The molecule has 13 heteroatoms. The first-order valence-electron chi connectivity index (χ1n) is 12.9. The number of carbonyl (C=O) groups excluding carboxylic acids is 3. The van der Waals surface area contributed by atoms with Crippen molar-refractivity contribution in [1.29, 1.82) is 0 Å². The highest BCUT2D eigenvalue weighted by atomic mass is 32.2. The van der Waals surface area contributed by atoms with Crippen molar-refractivity contribution in [3.8, 4) is 11.1 Å². The third kappa shape index (κ3) is 6.52. The van der Waals surface area contributed by atoms with Crippen LogP contribution >= 0.6 is 22.7 Å². The summed E-state index contributed by atoms with van der Waals surface area (Å²) in [6.45, 7) is 2.57. The Kier molecular flexibility index (Phi) is 8.30. The third-order valence-corrected chi connectivity index (χ3v) is 11.0. The number of nitrogens with one attached hydrogen (secondary N) is 2. The second-order valence-electron chi connectivity index (χ2n) is 10.0. The summed E-state index contributed by atoms with van der Waals surface area (Å²) in [6.07, 6.45) is 3.58. The Morgan fingerprint density at radius 2 is 1.85 bits per heavy atom. The molecular weight excluding hydrogens is 588 g/mol. The minimum absolute atomic E-state index is 0.00603. The Bertz CT molecular complexity index is 1710. The highest BCUT2D eigenvalue weighted by Gasteiger charge is 2.39. The van der Waals surface area contributed by atoms with Gasteiger partial charge in [-0.3, -0.25) is 14.4 Å². The van der Waals surface area contributed by atoms with Crippen LogP contribution in [0.4, 0.5) is 4.39 Å². The molecule has 1 aliphatic carbocycles. The number of aromatic nitrogens is 2. The van der Waals surface area contributed by atoms with E-state index in [4.69, 9.17) is 0 Å². The number of rotatable bonds is 11. The molecular formula is C28H27FN4O5S3. The number of Topliss-reactive ketones (excluding diaryl/α,β-unsaturated/α-hetero) is 1. The van der Waals surface area contributed by atoms with Gasteiger partial charge in [-0.05, 0) is 38.3 Å². The number of amides is 2. The standard InChI is InChI=1S/C28H27FN4O5S3/c1-15(2)41(37,38)26(27(36)31-14-24(35)32-18-7-8-18)28-33-21-12-20(29)19(11-23(21)40-28)16-3-5-17(6-4-16)22(34)13-25-30-9-10-39-25/h3-6,9-12,15,18,26H,7-8,13-14H2,1-2H3,(H,31,36)(H,32,35). The first-order chi connectivity index (χ1) is 19.5. The van der Waals surface area contributed by atoms with E-state index in [9.17, 15) is 22.8 Å². The van der Waals surface area contributed by atoms with Crippen LogP contribution in [0.15, 0.2) is 48.0 Å². The molecule has 2 aromatic heterocycles. The van der Waals surface area contributed by atoms with Gasteiger partial charge in [-0.15, -0.1) is 22.7 Å². The summed E-state index contributed by atoms with van der Waals surface area (Å²) in [5, 5.41) is 5.13. The van der Waals surface area contributed by atoms with Crippen LogP contribution in [0.25, 0.3) is 21.3 Å². The van der Waals surface area contributed by atoms with Crippen LogP contribution in [0.3, 0.4) is 0 Å². The molecule has 1 saturated carbocycles. The largest absolute Gasteiger partial charge is 0.352 e. The summed E-state index contributed by atoms with van der Waals surface area (Å²) in [6, 6.07) is 9.40. The van der Waals surface area contributed by atoms with Crippen LogP contribution in [0.5, 0.6) is 0 Å². The van der Waals surface area contributed by atoms with E-state index in [0.29, 0.717) is 20.8 Å². The van der Waals surface area contributed by atoms with Gasteiger partial charge in [-0.25, -0.2) is 22.8 Å². The lowest BCUT2D eigenvalue weighted by Crippen LogP contribution is -2.42. The molecule has 214 valence electrons. The first kappa shape index (κ1) is 29.0. The molecule has 1 fully saturated rings.